The van der Waals surface area contributed by atoms with E-state index in [-0.39, 0.29) is 6.04 Å². The van der Waals surface area contributed by atoms with Gasteiger partial charge in [-0.25, -0.2) is 9.97 Å². The van der Waals surface area contributed by atoms with E-state index < -0.39 is 5.91 Å². The van der Waals surface area contributed by atoms with Crippen LogP contribution in [0, 0.1) is 0 Å². The highest BCUT2D eigenvalue weighted by Gasteiger charge is 2.22. The molecule has 6 nitrogen and oxygen atoms in total. The summed E-state index contributed by atoms with van der Waals surface area (Å²) in [6.45, 7) is 3.16. The molecule has 26 heavy (non-hydrogen) atoms. The van der Waals surface area contributed by atoms with Gasteiger partial charge < -0.3 is 16.0 Å². The van der Waals surface area contributed by atoms with E-state index in [1.165, 1.54) is 18.3 Å². The summed E-state index contributed by atoms with van der Waals surface area (Å²) in [6, 6.07) is 15.9. The van der Waals surface area contributed by atoms with Crippen molar-refractivity contribution in [2.45, 2.75) is 12.5 Å². The van der Waals surface area contributed by atoms with Gasteiger partial charge in [-0.3, -0.25) is 4.79 Å². The van der Waals surface area contributed by atoms with Crippen molar-refractivity contribution in [2.75, 3.05) is 25.0 Å². The highest BCUT2D eigenvalue weighted by atomic mass is 16.1. The lowest BCUT2D eigenvalue weighted by molar-refractivity contribution is 0.100. The summed E-state index contributed by atoms with van der Waals surface area (Å²) in [7, 11) is 0. The molecule has 1 saturated heterocycles. The van der Waals surface area contributed by atoms with Gasteiger partial charge in [0.25, 0.3) is 5.91 Å². The van der Waals surface area contributed by atoms with Crippen LogP contribution in [0.3, 0.4) is 0 Å². The Hall–Kier alpha value is -2.99. The Labute approximate surface area is 152 Å². The Bertz CT molecular complexity index is 924. The smallest absolute Gasteiger partial charge is 0.250 e. The lowest BCUT2D eigenvalue weighted by atomic mass is 10.0. The number of hydrogen-bond donors (Lipinski definition) is 2. The number of para-hydroxylation sites is 1. The van der Waals surface area contributed by atoms with Crippen molar-refractivity contribution in [1.29, 1.82) is 0 Å². The molecule has 1 unspecified atom stereocenters. The van der Waals surface area contributed by atoms with Crippen LogP contribution < -0.4 is 11.1 Å². The highest BCUT2D eigenvalue weighted by Crippen LogP contribution is 2.27. The fourth-order valence-electron chi connectivity index (χ4n) is 3.31. The minimum Gasteiger partial charge on any atom is -0.366 e. The minimum atomic E-state index is -0.486. The number of nitrogens with zero attached hydrogens (tertiary/aromatic N) is 3. The van der Waals surface area contributed by atoms with Crippen LogP contribution in [0.4, 0.5) is 5.82 Å². The number of amides is 1. The molecule has 132 valence electrons. The van der Waals surface area contributed by atoms with Gasteiger partial charge in [0.05, 0.1) is 17.1 Å². The predicted molar refractivity (Wildman–Crippen MR) is 102 cm³/mol. The number of nitrogens with two attached hydrogens (primary N) is 1. The van der Waals surface area contributed by atoms with Crippen LogP contribution in [0.5, 0.6) is 0 Å². The van der Waals surface area contributed by atoms with Crippen LogP contribution in [-0.2, 0) is 0 Å². The fraction of sp³-hybridized carbons (Fsp3) is 0.250. The summed E-state index contributed by atoms with van der Waals surface area (Å²) >= 11 is 0. The third kappa shape index (κ3) is 3.23. The molecule has 2 heterocycles. The van der Waals surface area contributed by atoms with E-state index in [0.717, 1.165) is 25.0 Å². The van der Waals surface area contributed by atoms with Crippen LogP contribution in [0.2, 0.25) is 0 Å². The lowest BCUT2D eigenvalue weighted by Crippen LogP contribution is -2.41. The van der Waals surface area contributed by atoms with Gasteiger partial charge in [-0.05, 0) is 37.2 Å². The summed E-state index contributed by atoms with van der Waals surface area (Å²) < 4.78 is 0. The molecule has 1 aliphatic heterocycles. The second-order valence-electron chi connectivity index (χ2n) is 6.55. The average Bonchev–Trinajstić information content (AvgIpc) is 2.63. The number of carbonyl (C=O) groups excluding carboxylic acids is 1. The molecule has 1 aliphatic rings. The van der Waals surface area contributed by atoms with Crippen molar-refractivity contribution in [3.8, 4) is 0 Å². The number of aromatic nitrogens is 2. The van der Waals surface area contributed by atoms with Gasteiger partial charge in [-0.15, -0.1) is 0 Å². The molecule has 4 rings (SSSR count). The number of anilines is 1. The van der Waals surface area contributed by atoms with E-state index in [4.69, 9.17) is 5.73 Å². The first-order valence-electron chi connectivity index (χ1n) is 8.80. The van der Waals surface area contributed by atoms with Crippen molar-refractivity contribution in [3.63, 3.8) is 0 Å². The third-order valence-electron chi connectivity index (χ3n) is 4.83. The SMILES string of the molecule is NC(=O)c1cccc2c(NC(CN3CCC3)c3ccccc3)ncnc12. The Morgan fingerprint density at radius 3 is 2.62 bits per heavy atom. The van der Waals surface area contributed by atoms with Gasteiger partial charge in [0.15, 0.2) is 0 Å². The van der Waals surface area contributed by atoms with Crippen molar-refractivity contribution in [3.05, 3.63) is 66.0 Å². The van der Waals surface area contributed by atoms with E-state index in [1.807, 2.05) is 30.3 Å². The molecule has 3 aromatic rings. The van der Waals surface area contributed by atoms with Crippen LogP contribution in [0.15, 0.2) is 54.9 Å². The maximum absolute atomic E-state index is 11.7. The number of nitrogens with one attached hydrogen (secondary N) is 1. The Morgan fingerprint density at radius 2 is 1.92 bits per heavy atom. The molecule has 1 atom stereocenters. The number of benzene rings is 2. The molecule has 0 aliphatic carbocycles. The summed E-state index contributed by atoms with van der Waals surface area (Å²) in [5, 5.41) is 4.36. The monoisotopic (exact) mass is 347 g/mol. The maximum atomic E-state index is 11.7. The quantitative estimate of drug-likeness (QED) is 0.716. The van der Waals surface area contributed by atoms with E-state index in [2.05, 4.69) is 32.3 Å². The van der Waals surface area contributed by atoms with Gasteiger partial charge in [-0.2, -0.15) is 0 Å². The van der Waals surface area contributed by atoms with Crippen molar-refractivity contribution in [2.24, 2.45) is 5.73 Å². The Balaban J connectivity index is 1.71. The van der Waals surface area contributed by atoms with Crippen LogP contribution >= 0.6 is 0 Å². The number of rotatable bonds is 6. The van der Waals surface area contributed by atoms with Crippen molar-refractivity contribution < 1.29 is 4.79 Å². The molecule has 3 N–H and O–H groups in total. The minimum absolute atomic E-state index is 0.104. The van der Waals surface area contributed by atoms with Crippen molar-refractivity contribution >= 4 is 22.6 Å². The molecular formula is C20H21N5O. The first-order chi connectivity index (χ1) is 12.7. The van der Waals surface area contributed by atoms with E-state index in [1.54, 1.807) is 6.07 Å². The van der Waals surface area contributed by atoms with Crippen molar-refractivity contribution in [1.82, 2.24) is 14.9 Å². The normalized spacial score (nSPS) is 15.4. The second-order valence-corrected chi connectivity index (χ2v) is 6.55. The average molecular weight is 347 g/mol. The summed E-state index contributed by atoms with van der Waals surface area (Å²) in [5.74, 6) is 0.230. The van der Waals surface area contributed by atoms with E-state index in [9.17, 15) is 4.79 Å². The number of fused-ring (bicyclic) bond motifs is 1. The first kappa shape index (κ1) is 16.5. The zero-order chi connectivity index (χ0) is 17.9. The number of likely N-dealkylation sites (tertiary alicyclic amines) is 1. The van der Waals surface area contributed by atoms with Gasteiger partial charge in [0.1, 0.15) is 12.1 Å². The zero-order valence-electron chi connectivity index (χ0n) is 14.4. The second kappa shape index (κ2) is 7.09. The molecule has 0 saturated carbocycles. The molecule has 0 bridgehead atoms. The predicted octanol–water partition coefficient (Wildman–Crippen LogP) is 2.59. The zero-order valence-corrected chi connectivity index (χ0v) is 14.4. The summed E-state index contributed by atoms with van der Waals surface area (Å²) in [5.41, 5.74) is 7.68. The Morgan fingerprint density at radius 1 is 1.12 bits per heavy atom. The van der Waals surface area contributed by atoms with E-state index in [0.29, 0.717) is 16.9 Å². The molecular weight excluding hydrogens is 326 g/mol. The summed E-state index contributed by atoms with van der Waals surface area (Å²) in [4.78, 5) is 22.8. The fourth-order valence-corrected chi connectivity index (χ4v) is 3.31. The molecule has 1 fully saturated rings. The topological polar surface area (TPSA) is 84.1 Å². The molecule has 6 heteroatoms. The first-order valence-corrected chi connectivity index (χ1v) is 8.80. The molecule has 1 amide bonds. The van der Waals surface area contributed by atoms with Crippen LogP contribution in [0.1, 0.15) is 28.4 Å². The molecule has 2 aromatic carbocycles. The van der Waals surface area contributed by atoms with Crippen LogP contribution in [-0.4, -0.2) is 40.4 Å². The van der Waals surface area contributed by atoms with E-state index >= 15 is 0 Å². The summed E-state index contributed by atoms with van der Waals surface area (Å²) in [6.07, 6.45) is 2.72. The van der Waals surface area contributed by atoms with Crippen LogP contribution in [0.25, 0.3) is 10.9 Å². The molecule has 0 spiro atoms. The number of carbonyl (C=O) groups is 1. The lowest BCUT2D eigenvalue weighted by Gasteiger charge is -2.34. The Kier molecular flexibility index (Phi) is 4.50. The largest absolute Gasteiger partial charge is 0.366 e. The van der Waals surface area contributed by atoms with Gasteiger partial charge in [0, 0.05) is 11.9 Å². The molecule has 1 aromatic heterocycles. The number of hydrogen-bond acceptors (Lipinski definition) is 5. The number of primary amides is 1. The third-order valence-corrected chi connectivity index (χ3v) is 4.83. The standard InChI is InChI=1S/C20H21N5O/c21-19(26)15-8-4-9-16-18(15)22-13-23-20(16)24-17(12-25-10-5-11-25)14-6-2-1-3-7-14/h1-4,6-9,13,17H,5,10-12H2,(H2,21,26)(H,22,23,24). The van der Waals surface area contributed by atoms with Gasteiger partial charge in [-0.1, -0.05) is 36.4 Å². The maximum Gasteiger partial charge on any atom is 0.250 e. The molecule has 0 radical (unpaired) electrons. The van der Waals surface area contributed by atoms with Gasteiger partial charge >= 0.3 is 0 Å². The van der Waals surface area contributed by atoms with Gasteiger partial charge in [0.2, 0.25) is 0 Å². The highest BCUT2D eigenvalue weighted by molar-refractivity contribution is 6.06.